The van der Waals surface area contributed by atoms with Crippen LogP contribution in [0.15, 0.2) is 17.0 Å². The van der Waals surface area contributed by atoms with Crippen LogP contribution >= 0.6 is 34.4 Å². The predicted octanol–water partition coefficient (Wildman–Crippen LogP) is 3.38. The van der Waals surface area contributed by atoms with Crippen LogP contribution in [0.25, 0.3) is 6.08 Å². The zero-order chi connectivity index (χ0) is 19.4. The van der Waals surface area contributed by atoms with Crippen LogP contribution in [0, 0.1) is 3.57 Å². The number of phenols is 1. The average Bonchev–Trinajstić information content (AvgIpc) is 2.79. The van der Waals surface area contributed by atoms with Gasteiger partial charge >= 0.3 is 5.97 Å². The second-order valence-corrected chi connectivity index (χ2v) is 7.74. The highest BCUT2D eigenvalue weighted by Crippen LogP contribution is 2.36. The van der Waals surface area contributed by atoms with E-state index < -0.39 is 23.7 Å². The van der Waals surface area contributed by atoms with Crippen molar-refractivity contribution in [3.05, 3.63) is 26.2 Å². The van der Waals surface area contributed by atoms with Gasteiger partial charge in [0, 0.05) is 0 Å². The number of nitrogens with zero attached hydrogens (tertiary/aromatic N) is 1. The number of aromatic hydroxyl groups is 1. The topological polar surface area (TPSA) is 93.1 Å². The SMILES string of the molecule is CCOc1cc(/C=C2\SC(=O)N(CC(=O)OC(C)C)C2=O)cc(I)c1O. The van der Waals surface area contributed by atoms with E-state index in [1.807, 2.05) is 22.6 Å². The molecule has 1 aliphatic rings. The first-order chi connectivity index (χ1) is 12.2. The van der Waals surface area contributed by atoms with Gasteiger partial charge in [-0.15, -0.1) is 0 Å². The van der Waals surface area contributed by atoms with E-state index in [4.69, 9.17) is 9.47 Å². The third-order valence-electron chi connectivity index (χ3n) is 3.18. The maximum atomic E-state index is 12.4. The second kappa shape index (κ2) is 8.76. The molecule has 2 rings (SSSR count). The summed E-state index contributed by atoms with van der Waals surface area (Å²) in [6.45, 7) is 5.13. The van der Waals surface area contributed by atoms with E-state index in [1.165, 1.54) is 6.08 Å². The van der Waals surface area contributed by atoms with Crippen LogP contribution in [0.2, 0.25) is 0 Å². The largest absolute Gasteiger partial charge is 0.504 e. The number of hydrogen-bond acceptors (Lipinski definition) is 7. The quantitative estimate of drug-likeness (QED) is 0.371. The molecule has 1 heterocycles. The number of hydrogen-bond donors (Lipinski definition) is 1. The summed E-state index contributed by atoms with van der Waals surface area (Å²) in [5.41, 5.74) is 0.603. The Balaban J connectivity index is 2.23. The minimum absolute atomic E-state index is 0.0223. The summed E-state index contributed by atoms with van der Waals surface area (Å²) in [6, 6.07) is 3.25. The molecule has 0 atom stereocenters. The third kappa shape index (κ3) is 4.91. The highest BCUT2D eigenvalue weighted by atomic mass is 127. The molecule has 1 fully saturated rings. The maximum absolute atomic E-state index is 12.4. The Bertz CT molecular complexity index is 777. The molecule has 0 radical (unpaired) electrons. The van der Waals surface area contributed by atoms with Crippen LogP contribution < -0.4 is 4.74 Å². The van der Waals surface area contributed by atoms with Crippen molar-refractivity contribution in [2.45, 2.75) is 26.9 Å². The summed E-state index contributed by atoms with van der Waals surface area (Å²) in [4.78, 5) is 37.3. The second-order valence-electron chi connectivity index (χ2n) is 5.59. The molecular weight excluding hydrogens is 473 g/mol. The molecule has 1 aliphatic heterocycles. The molecule has 140 valence electrons. The smallest absolute Gasteiger partial charge is 0.326 e. The standard InChI is InChI=1S/C17H18INO6S/c1-4-24-12-6-10(5-11(18)15(12)21)7-13-16(22)19(17(23)26-13)8-14(20)25-9(2)3/h5-7,9,21H,4,8H2,1-3H3/b13-7-. The van der Waals surface area contributed by atoms with Gasteiger partial charge in [-0.05, 0) is 78.9 Å². The highest BCUT2D eigenvalue weighted by molar-refractivity contribution is 14.1. The van der Waals surface area contributed by atoms with Crippen molar-refractivity contribution in [3.63, 3.8) is 0 Å². The number of halogens is 1. The van der Waals surface area contributed by atoms with Gasteiger partial charge in [-0.1, -0.05) is 0 Å². The fourth-order valence-corrected chi connectivity index (χ4v) is 3.62. The number of carbonyl (C=O) groups is 3. The van der Waals surface area contributed by atoms with E-state index >= 15 is 0 Å². The van der Waals surface area contributed by atoms with Crippen LogP contribution in [0.3, 0.4) is 0 Å². The van der Waals surface area contributed by atoms with E-state index in [0.717, 1.165) is 16.7 Å². The van der Waals surface area contributed by atoms with Crippen molar-refractivity contribution in [1.29, 1.82) is 0 Å². The number of carbonyl (C=O) groups excluding carboxylic acids is 3. The predicted molar refractivity (Wildman–Crippen MR) is 106 cm³/mol. The summed E-state index contributed by atoms with van der Waals surface area (Å²) >= 11 is 2.70. The van der Waals surface area contributed by atoms with Gasteiger partial charge in [-0.2, -0.15) is 0 Å². The molecule has 26 heavy (non-hydrogen) atoms. The molecule has 2 amide bonds. The van der Waals surface area contributed by atoms with Gasteiger partial charge in [-0.25, -0.2) is 0 Å². The van der Waals surface area contributed by atoms with Crippen molar-refractivity contribution >= 4 is 57.5 Å². The summed E-state index contributed by atoms with van der Waals surface area (Å²) in [5, 5.41) is 9.45. The molecule has 0 spiro atoms. The normalized spacial score (nSPS) is 15.9. The fraction of sp³-hybridized carbons (Fsp3) is 0.353. The molecule has 0 aliphatic carbocycles. The Hall–Kier alpha value is -1.75. The average molecular weight is 491 g/mol. The molecule has 0 bridgehead atoms. The number of thioether (sulfide) groups is 1. The first-order valence-corrected chi connectivity index (χ1v) is 9.72. The van der Waals surface area contributed by atoms with Crippen molar-refractivity contribution in [2.75, 3.05) is 13.2 Å². The Kier molecular flexibility index (Phi) is 6.93. The van der Waals surface area contributed by atoms with Crippen LogP contribution in [0.4, 0.5) is 4.79 Å². The summed E-state index contributed by atoms with van der Waals surface area (Å²) in [6.07, 6.45) is 1.21. The number of esters is 1. The lowest BCUT2D eigenvalue weighted by Crippen LogP contribution is -2.35. The molecule has 0 aromatic heterocycles. The molecule has 1 saturated heterocycles. The van der Waals surface area contributed by atoms with E-state index in [0.29, 0.717) is 21.5 Å². The molecule has 1 aromatic carbocycles. The Morgan fingerprint density at radius 3 is 2.69 bits per heavy atom. The summed E-state index contributed by atoms with van der Waals surface area (Å²) in [5.74, 6) is -0.873. The Morgan fingerprint density at radius 1 is 1.38 bits per heavy atom. The summed E-state index contributed by atoms with van der Waals surface area (Å²) < 4.78 is 10.9. The maximum Gasteiger partial charge on any atom is 0.326 e. The number of benzene rings is 1. The van der Waals surface area contributed by atoms with Crippen LogP contribution in [0.5, 0.6) is 11.5 Å². The molecule has 7 nitrogen and oxygen atoms in total. The highest BCUT2D eigenvalue weighted by Gasteiger charge is 2.36. The van der Waals surface area contributed by atoms with Crippen LogP contribution in [-0.2, 0) is 14.3 Å². The minimum atomic E-state index is -0.638. The zero-order valence-corrected chi connectivity index (χ0v) is 17.4. The molecule has 9 heteroatoms. The molecule has 0 saturated carbocycles. The molecule has 0 unspecified atom stereocenters. The van der Waals surface area contributed by atoms with Crippen molar-refractivity contribution in [2.24, 2.45) is 0 Å². The van der Waals surface area contributed by atoms with Gasteiger partial charge in [-0.3, -0.25) is 19.3 Å². The van der Waals surface area contributed by atoms with E-state index in [9.17, 15) is 19.5 Å². The molecular formula is C17H18INO6S. The lowest BCUT2D eigenvalue weighted by molar-refractivity contribution is -0.149. The van der Waals surface area contributed by atoms with Crippen LogP contribution in [0.1, 0.15) is 26.3 Å². The van der Waals surface area contributed by atoms with Gasteiger partial charge in [0.1, 0.15) is 6.54 Å². The van der Waals surface area contributed by atoms with E-state index in [-0.39, 0.29) is 16.8 Å². The molecule has 1 aromatic rings. The number of ether oxygens (including phenoxy) is 2. The minimum Gasteiger partial charge on any atom is -0.504 e. The number of rotatable bonds is 6. The monoisotopic (exact) mass is 491 g/mol. The number of imide groups is 1. The Morgan fingerprint density at radius 2 is 2.08 bits per heavy atom. The van der Waals surface area contributed by atoms with Gasteiger partial charge in [0.25, 0.3) is 11.1 Å². The zero-order valence-electron chi connectivity index (χ0n) is 14.4. The van der Waals surface area contributed by atoms with Gasteiger partial charge in [0.05, 0.1) is 21.2 Å². The third-order valence-corrected chi connectivity index (χ3v) is 4.91. The lowest BCUT2D eigenvalue weighted by Gasteiger charge is -2.13. The Labute approximate surface area is 168 Å². The van der Waals surface area contributed by atoms with Gasteiger partial charge in [0.2, 0.25) is 0 Å². The first-order valence-electron chi connectivity index (χ1n) is 7.83. The first kappa shape index (κ1) is 20.6. The van der Waals surface area contributed by atoms with Crippen LogP contribution in [-0.4, -0.2) is 46.4 Å². The van der Waals surface area contributed by atoms with Crippen molar-refractivity contribution in [3.8, 4) is 11.5 Å². The molecule has 1 N–H and O–H groups in total. The number of amides is 2. The van der Waals surface area contributed by atoms with Crippen molar-refractivity contribution in [1.82, 2.24) is 4.90 Å². The van der Waals surface area contributed by atoms with E-state index in [1.54, 1.807) is 32.9 Å². The fourth-order valence-electron chi connectivity index (χ4n) is 2.16. The van der Waals surface area contributed by atoms with Crippen molar-refractivity contribution < 1.29 is 29.0 Å². The lowest BCUT2D eigenvalue weighted by atomic mass is 10.2. The summed E-state index contributed by atoms with van der Waals surface area (Å²) in [7, 11) is 0. The van der Waals surface area contributed by atoms with E-state index in [2.05, 4.69) is 0 Å². The number of phenolic OH excluding ortho intramolecular Hbond substituents is 1. The van der Waals surface area contributed by atoms with Gasteiger partial charge < -0.3 is 14.6 Å². The van der Waals surface area contributed by atoms with Gasteiger partial charge in [0.15, 0.2) is 11.5 Å².